The minimum absolute atomic E-state index is 0.0372. The van der Waals surface area contributed by atoms with Crippen LogP contribution in [-0.4, -0.2) is 24.0 Å². The molecule has 1 spiro atoms. The predicted octanol–water partition coefficient (Wildman–Crippen LogP) is 4.74. The number of carbonyl (C=O) groups is 2. The molecule has 2 atom stereocenters. The summed E-state index contributed by atoms with van der Waals surface area (Å²) in [7, 11) is 1.82. The molecule has 3 aromatic carbocycles. The van der Waals surface area contributed by atoms with E-state index in [4.69, 9.17) is 0 Å². The minimum Gasteiger partial charge on any atom is -0.314 e. The molecule has 138 valence electrons. The van der Waals surface area contributed by atoms with Crippen LogP contribution in [0.15, 0.2) is 83.8 Å². The number of hydrogen-bond donors (Lipinski definition) is 0. The molecular formula is C24H19NO2S. The van der Waals surface area contributed by atoms with E-state index < -0.39 is 5.41 Å². The normalized spacial score (nSPS) is 23.6. The molecule has 0 N–H and O–H groups in total. The highest BCUT2D eigenvalue weighted by Crippen LogP contribution is 2.52. The molecule has 0 radical (unpaired) electrons. The number of carbonyl (C=O) groups excluding carboxylic acids is 2. The standard InChI is InChI=1S/C24H19NO2S/c1-25-20-11-5-4-10-19(20)24(23(25)27)14-13-17(26)15-22(24)28-21-12-6-8-16-7-2-3-9-18(16)21/h2-14,22H,15H2,1H3. The molecule has 0 saturated heterocycles. The lowest BCUT2D eigenvalue weighted by molar-refractivity contribution is -0.122. The molecule has 0 bridgehead atoms. The van der Waals surface area contributed by atoms with E-state index >= 15 is 0 Å². The van der Waals surface area contributed by atoms with E-state index in [1.807, 2.05) is 55.6 Å². The van der Waals surface area contributed by atoms with Gasteiger partial charge in [0.1, 0.15) is 5.41 Å². The molecule has 0 saturated carbocycles. The molecule has 28 heavy (non-hydrogen) atoms. The smallest absolute Gasteiger partial charge is 0.242 e. The van der Waals surface area contributed by atoms with Crippen molar-refractivity contribution in [3.8, 4) is 0 Å². The SMILES string of the molecule is CN1C(=O)C2(C=CC(=O)CC2Sc2cccc3ccccc23)c2ccccc21. The van der Waals surface area contributed by atoms with Gasteiger partial charge < -0.3 is 4.90 Å². The zero-order chi connectivity index (χ0) is 19.3. The van der Waals surface area contributed by atoms with Crippen molar-refractivity contribution in [3.63, 3.8) is 0 Å². The Hall–Kier alpha value is -2.85. The Balaban J connectivity index is 1.67. The molecule has 0 fully saturated rings. The summed E-state index contributed by atoms with van der Waals surface area (Å²) in [6.07, 6.45) is 3.78. The summed E-state index contributed by atoms with van der Waals surface area (Å²) in [5, 5.41) is 2.13. The Labute approximate surface area is 168 Å². The predicted molar refractivity (Wildman–Crippen MR) is 114 cm³/mol. The van der Waals surface area contributed by atoms with E-state index in [-0.39, 0.29) is 16.9 Å². The van der Waals surface area contributed by atoms with Gasteiger partial charge in [0.25, 0.3) is 0 Å². The summed E-state index contributed by atoms with van der Waals surface area (Å²) in [4.78, 5) is 28.6. The fourth-order valence-electron chi connectivity index (χ4n) is 4.42. The lowest BCUT2D eigenvalue weighted by atomic mass is 9.73. The largest absolute Gasteiger partial charge is 0.314 e. The quantitative estimate of drug-likeness (QED) is 0.639. The first-order valence-corrected chi connectivity index (χ1v) is 10.2. The van der Waals surface area contributed by atoms with Crippen LogP contribution in [0.1, 0.15) is 12.0 Å². The highest BCUT2D eigenvalue weighted by atomic mass is 32.2. The van der Waals surface area contributed by atoms with Crippen molar-refractivity contribution in [2.75, 3.05) is 11.9 Å². The zero-order valence-corrected chi connectivity index (χ0v) is 16.3. The van der Waals surface area contributed by atoms with E-state index in [2.05, 4.69) is 24.3 Å². The molecule has 0 aromatic heterocycles. The molecule has 1 amide bonds. The van der Waals surface area contributed by atoms with Gasteiger partial charge in [0.2, 0.25) is 5.91 Å². The van der Waals surface area contributed by atoms with E-state index in [0.717, 1.165) is 26.9 Å². The lowest BCUT2D eigenvalue weighted by Gasteiger charge is -2.35. The van der Waals surface area contributed by atoms with Gasteiger partial charge in [0.05, 0.1) is 0 Å². The van der Waals surface area contributed by atoms with Crippen molar-refractivity contribution < 1.29 is 9.59 Å². The van der Waals surface area contributed by atoms with Crippen molar-refractivity contribution in [1.29, 1.82) is 0 Å². The fraction of sp³-hybridized carbons (Fsp3) is 0.167. The van der Waals surface area contributed by atoms with Crippen LogP contribution in [-0.2, 0) is 15.0 Å². The molecular weight excluding hydrogens is 366 g/mol. The Morgan fingerprint density at radius 3 is 2.61 bits per heavy atom. The zero-order valence-electron chi connectivity index (χ0n) is 15.5. The number of rotatable bonds is 2. The summed E-state index contributed by atoms with van der Waals surface area (Å²) in [5.41, 5.74) is 1.11. The van der Waals surface area contributed by atoms with Gasteiger partial charge in [0.15, 0.2) is 5.78 Å². The van der Waals surface area contributed by atoms with Crippen LogP contribution in [0, 0.1) is 0 Å². The van der Waals surface area contributed by atoms with Gasteiger partial charge in [0, 0.05) is 29.3 Å². The number of amides is 1. The molecule has 3 nitrogen and oxygen atoms in total. The van der Waals surface area contributed by atoms with Crippen LogP contribution >= 0.6 is 11.8 Å². The molecule has 2 aliphatic rings. The van der Waals surface area contributed by atoms with E-state index in [1.165, 1.54) is 0 Å². The number of likely N-dealkylation sites (N-methyl/N-ethyl adjacent to an activating group) is 1. The molecule has 2 unspecified atom stereocenters. The van der Waals surface area contributed by atoms with Crippen molar-refractivity contribution >= 4 is 39.9 Å². The van der Waals surface area contributed by atoms with Crippen LogP contribution in [0.25, 0.3) is 10.8 Å². The summed E-state index contributed by atoms with van der Waals surface area (Å²) in [6, 6.07) is 22.4. The minimum atomic E-state index is -0.805. The highest BCUT2D eigenvalue weighted by molar-refractivity contribution is 8.00. The summed E-state index contributed by atoms with van der Waals surface area (Å²) in [5.74, 6) is 0.110. The maximum atomic E-state index is 13.5. The topological polar surface area (TPSA) is 37.4 Å². The first-order chi connectivity index (χ1) is 13.6. The second-order valence-electron chi connectivity index (χ2n) is 7.34. The van der Waals surface area contributed by atoms with E-state index in [9.17, 15) is 9.59 Å². The monoisotopic (exact) mass is 385 g/mol. The maximum Gasteiger partial charge on any atom is 0.242 e. The number of ketones is 1. The van der Waals surface area contributed by atoms with Crippen molar-refractivity contribution in [2.24, 2.45) is 0 Å². The second-order valence-corrected chi connectivity index (χ2v) is 8.58. The number of benzene rings is 3. The van der Waals surface area contributed by atoms with Crippen LogP contribution in [0.3, 0.4) is 0 Å². The highest BCUT2D eigenvalue weighted by Gasteiger charge is 2.55. The van der Waals surface area contributed by atoms with Gasteiger partial charge in [-0.25, -0.2) is 0 Å². The van der Waals surface area contributed by atoms with E-state index in [1.54, 1.807) is 22.7 Å². The second kappa shape index (κ2) is 6.35. The number of allylic oxidation sites excluding steroid dienone is 1. The summed E-state index contributed by atoms with van der Waals surface area (Å²) < 4.78 is 0. The summed E-state index contributed by atoms with van der Waals surface area (Å²) >= 11 is 1.64. The number of fused-ring (bicyclic) bond motifs is 3. The summed E-state index contributed by atoms with van der Waals surface area (Å²) in [6.45, 7) is 0. The number of thioether (sulfide) groups is 1. The third-order valence-corrected chi connectivity index (χ3v) is 7.25. The van der Waals surface area contributed by atoms with Crippen molar-refractivity contribution in [2.45, 2.75) is 22.0 Å². The Kier molecular flexibility index (Phi) is 3.91. The van der Waals surface area contributed by atoms with Crippen molar-refractivity contribution in [1.82, 2.24) is 0 Å². The average Bonchev–Trinajstić information content (AvgIpc) is 2.94. The third-order valence-electron chi connectivity index (χ3n) is 5.82. The van der Waals surface area contributed by atoms with Gasteiger partial charge in [-0.3, -0.25) is 9.59 Å². The fourth-order valence-corrected chi connectivity index (χ4v) is 5.94. The molecule has 1 heterocycles. The van der Waals surface area contributed by atoms with Gasteiger partial charge in [-0.1, -0.05) is 60.7 Å². The van der Waals surface area contributed by atoms with Gasteiger partial charge in [-0.15, -0.1) is 11.8 Å². The maximum absolute atomic E-state index is 13.5. The molecule has 5 rings (SSSR count). The Morgan fingerprint density at radius 1 is 0.964 bits per heavy atom. The first kappa shape index (κ1) is 17.3. The molecule has 3 aromatic rings. The van der Waals surface area contributed by atoms with Gasteiger partial charge in [-0.2, -0.15) is 0 Å². The Bertz CT molecular complexity index is 1150. The van der Waals surface area contributed by atoms with Crippen LogP contribution in [0.2, 0.25) is 0 Å². The van der Waals surface area contributed by atoms with Crippen LogP contribution in [0.5, 0.6) is 0 Å². The average molecular weight is 385 g/mol. The molecule has 1 aliphatic carbocycles. The number of nitrogens with zero attached hydrogens (tertiary/aromatic N) is 1. The number of para-hydroxylation sites is 1. The van der Waals surface area contributed by atoms with Crippen molar-refractivity contribution in [3.05, 3.63) is 84.4 Å². The van der Waals surface area contributed by atoms with Gasteiger partial charge >= 0.3 is 0 Å². The molecule has 1 aliphatic heterocycles. The lowest BCUT2D eigenvalue weighted by Crippen LogP contribution is -2.47. The van der Waals surface area contributed by atoms with E-state index in [0.29, 0.717) is 6.42 Å². The first-order valence-electron chi connectivity index (χ1n) is 9.35. The number of hydrogen-bond acceptors (Lipinski definition) is 3. The van der Waals surface area contributed by atoms with Gasteiger partial charge in [-0.05, 0) is 34.5 Å². The van der Waals surface area contributed by atoms with Crippen LogP contribution in [0.4, 0.5) is 5.69 Å². The number of anilines is 1. The third kappa shape index (κ3) is 2.38. The molecule has 4 heteroatoms. The Morgan fingerprint density at radius 2 is 1.71 bits per heavy atom. The van der Waals surface area contributed by atoms with Crippen LogP contribution < -0.4 is 4.90 Å².